The van der Waals surface area contributed by atoms with Gasteiger partial charge in [0, 0.05) is 11.3 Å². The molecule has 3 aromatic rings. The Balaban J connectivity index is 1.56. The van der Waals surface area contributed by atoms with Crippen LogP contribution >= 0.6 is 0 Å². The van der Waals surface area contributed by atoms with E-state index in [1.165, 1.54) is 6.21 Å². The van der Waals surface area contributed by atoms with E-state index in [1.54, 1.807) is 60.7 Å². The van der Waals surface area contributed by atoms with Crippen molar-refractivity contribution in [3.8, 4) is 0 Å². The third-order valence-corrected chi connectivity index (χ3v) is 3.55. The Hall–Kier alpha value is -3.73. The van der Waals surface area contributed by atoms with Crippen molar-refractivity contribution in [2.75, 3.05) is 5.32 Å². The molecular weight excluding hydrogens is 328 g/mol. The Morgan fingerprint density at radius 3 is 1.96 bits per heavy atom. The fraction of sp³-hybridized carbons (Fsp3) is 0. The second-order valence-electron chi connectivity index (χ2n) is 5.42. The van der Waals surface area contributed by atoms with Gasteiger partial charge in [-0.1, -0.05) is 53.7 Å². The highest BCUT2D eigenvalue weighted by molar-refractivity contribution is 6.04. The largest absolute Gasteiger partial charge is 0.365 e. The van der Waals surface area contributed by atoms with Gasteiger partial charge in [0.15, 0.2) is 0 Å². The zero-order valence-electron chi connectivity index (χ0n) is 13.8. The van der Waals surface area contributed by atoms with Gasteiger partial charge in [0.2, 0.25) is 0 Å². The highest BCUT2D eigenvalue weighted by Gasteiger charge is 2.06. The Kier molecular flexibility index (Phi) is 5.52. The van der Waals surface area contributed by atoms with Crippen LogP contribution in [-0.4, -0.2) is 18.1 Å². The van der Waals surface area contributed by atoms with Crippen LogP contribution in [0, 0.1) is 0 Å². The number of hydrogen-bond donors (Lipinski definition) is 1. The molecule has 5 heteroatoms. The summed E-state index contributed by atoms with van der Waals surface area (Å²) in [6.45, 7) is 0. The van der Waals surface area contributed by atoms with Crippen LogP contribution in [0.3, 0.4) is 0 Å². The van der Waals surface area contributed by atoms with Gasteiger partial charge in [0.05, 0.1) is 11.8 Å². The molecule has 0 aliphatic carbocycles. The lowest BCUT2D eigenvalue weighted by Gasteiger charge is -2.05. The number of rotatable bonds is 5. The van der Waals surface area contributed by atoms with Crippen molar-refractivity contribution < 1.29 is 14.4 Å². The lowest BCUT2D eigenvalue weighted by atomic mass is 10.2. The second-order valence-corrected chi connectivity index (χ2v) is 5.42. The Bertz CT molecular complexity index is 905. The Labute approximate surface area is 150 Å². The number of nitrogens with zero attached hydrogens (tertiary/aromatic N) is 1. The first-order valence-corrected chi connectivity index (χ1v) is 7.98. The van der Waals surface area contributed by atoms with E-state index in [9.17, 15) is 9.59 Å². The standard InChI is InChI=1S/C21H16N2O3/c24-20(17-7-3-1-4-8-17)23-19-13-11-16(12-14-19)15-22-26-21(25)18-9-5-2-6-10-18/h1-15H,(H,23,24). The van der Waals surface area contributed by atoms with E-state index >= 15 is 0 Å². The molecule has 3 rings (SSSR count). The van der Waals surface area contributed by atoms with Crippen LogP contribution in [0.2, 0.25) is 0 Å². The smallest absolute Gasteiger partial charge is 0.322 e. The summed E-state index contributed by atoms with van der Waals surface area (Å²) >= 11 is 0. The number of hydrogen-bond acceptors (Lipinski definition) is 4. The lowest BCUT2D eigenvalue weighted by molar-refractivity contribution is 0.0519. The van der Waals surface area contributed by atoms with E-state index in [2.05, 4.69) is 10.5 Å². The molecule has 0 aromatic heterocycles. The molecule has 1 amide bonds. The normalized spacial score (nSPS) is 10.5. The molecule has 0 saturated carbocycles. The summed E-state index contributed by atoms with van der Waals surface area (Å²) in [6, 6.07) is 24.6. The van der Waals surface area contributed by atoms with E-state index in [-0.39, 0.29) is 5.91 Å². The molecule has 0 heterocycles. The van der Waals surface area contributed by atoms with E-state index in [1.807, 2.05) is 24.3 Å². The van der Waals surface area contributed by atoms with Gasteiger partial charge in [0.25, 0.3) is 5.91 Å². The highest BCUT2D eigenvalue weighted by Crippen LogP contribution is 2.11. The molecule has 0 radical (unpaired) electrons. The third kappa shape index (κ3) is 4.64. The van der Waals surface area contributed by atoms with Crippen LogP contribution in [0.25, 0.3) is 0 Å². The van der Waals surface area contributed by atoms with Crippen LogP contribution in [0.1, 0.15) is 26.3 Å². The minimum Gasteiger partial charge on any atom is -0.322 e. The molecule has 0 aliphatic rings. The summed E-state index contributed by atoms with van der Waals surface area (Å²) < 4.78 is 0. The van der Waals surface area contributed by atoms with Gasteiger partial charge in [0.1, 0.15) is 0 Å². The first-order valence-electron chi connectivity index (χ1n) is 7.98. The van der Waals surface area contributed by atoms with Crippen molar-refractivity contribution >= 4 is 23.8 Å². The van der Waals surface area contributed by atoms with Gasteiger partial charge in [-0.05, 0) is 42.0 Å². The maximum Gasteiger partial charge on any atom is 0.365 e. The van der Waals surface area contributed by atoms with Gasteiger partial charge in [-0.3, -0.25) is 4.79 Å². The number of benzene rings is 3. The molecule has 0 aliphatic heterocycles. The van der Waals surface area contributed by atoms with Crippen LogP contribution in [0.5, 0.6) is 0 Å². The lowest BCUT2D eigenvalue weighted by Crippen LogP contribution is -2.11. The summed E-state index contributed by atoms with van der Waals surface area (Å²) in [5.41, 5.74) is 2.43. The van der Waals surface area contributed by atoms with Gasteiger partial charge < -0.3 is 10.2 Å². The number of carbonyl (C=O) groups excluding carboxylic acids is 2. The molecule has 0 atom stereocenters. The zero-order valence-corrected chi connectivity index (χ0v) is 13.8. The number of carbonyl (C=O) groups is 2. The zero-order chi connectivity index (χ0) is 18.2. The van der Waals surface area contributed by atoms with Gasteiger partial charge >= 0.3 is 5.97 Å². The summed E-state index contributed by atoms with van der Waals surface area (Å²) in [6.07, 6.45) is 1.43. The minimum absolute atomic E-state index is 0.177. The predicted octanol–water partition coefficient (Wildman–Crippen LogP) is 4.13. The van der Waals surface area contributed by atoms with Crippen LogP contribution in [0.4, 0.5) is 5.69 Å². The van der Waals surface area contributed by atoms with Crippen molar-refractivity contribution in [1.29, 1.82) is 0 Å². The van der Waals surface area contributed by atoms with Crippen molar-refractivity contribution in [1.82, 2.24) is 0 Å². The fourth-order valence-corrected chi connectivity index (χ4v) is 2.21. The number of nitrogens with one attached hydrogen (secondary N) is 1. The van der Waals surface area contributed by atoms with Crippen molar-refractivity contribution in [3.63, 3.8) is 0 Å². The minimum atomic E-state index is -0.520. The molecule has 128 valence electrons. The van der Waals surface area contributed by atoms with Crippen molar-refractivity contribution in [3.05, 3.63) is 102 Å². The van der Waals surface area contributed by atoms with Crippen LogP contribution in [-0.2, 0) is 4.84 Å². The predicted molar refractivity (Wildman–Crippen MR) is 100 cm³/mol. The third-order valence-electron chi connectivity index (χ3n) is 3.55. The van der Waals surface area contributed by atoms with Crippen molar-refractivity contribution in [2.45, 2.75) is 0 Å². The summed E-state index contributed by atoms with van der Waals surface area (Å²) in [5.74, 6) is -0.697. The molecule has 5 nitrogen and oxygen atoms in total. The fourth-order valence-electron chi connectivity index (χ4n) is 2.21. The van der Waals surface area contributed by atoms with Gasteiger partial charge in [-0.25, -0.2) is 4.79 Å². The summed E-state index contributed by atoms with van der Waals surface area (Å²) in [4.78, 5) is 28.7. The quantitative estimate of drug-likeness (QED) is 0.430. The molecule has 0 spiro atoms. The molecule has 0 unspecified atom stereocenters. The molecule has 0 bridgehead atoms. The average molecular weight is 344 g/mol. The van der Waals surface area contributed by atoms with E-state index in [4.69, 9.17) is 4.84 Å². The Morgan fingerprint density at radius 1 is 0.769 bits per heavy atom. The van der Waals surface area contributed by atoms with E-state index in [0.717, 1.165) is 5.56 Å². The number of oxime groups is 1. The monoisotopic (exact) mass is 344 g/mol. The Morgan fingerprint density at radius 2 is 1.35 bits per heavy atom. The summed E-state index contributed by atoms with van der Waals surface area (Å²) in [7, 11) is 0. The molecule has 3 aromatic carbocycles. The van der Waals surface area contributed by atoms with Gasteiger partial charge in [-0.15, -0.1) is 0 Å². The topological polar surface area (TPSA) is 67.8 Å². The van der Waals surface area contributed by atoms with E-state index < -0.39 is 5.97 Å². The molecule has 26 heavy (non-hydrogen) atoms. The maximum absolute atomic E-state index is 12.1. The SMILES string of the molecule is O=C(Nc1ccc(C=NOC(=O)c2ccccc2)cc1)c1ccccc1. The second kappa shape index (κ2) is 8.39. The van der Waals surface area contributed by atoms with Gasteiger partial charge in [-0.2, -0.15) is 0 Å². The van der Waals surface area contributed by atoms with E-state index in [0.29, 0.717) is 16.8 Å². The first-order chi connectivity index (χ1) is 12.7. The maximum atomic E-state index is 12.1. The van der Waals surface area contributed by atoms with Crippen LogP contribution in [0.15, 0.2) is 90.1 Å². The highest BCUT2D eigenvalue weighted by atomic mass is 16.7. The van der Waals surface area contributed by atoms with Crippen LogP contribution < -0.4 is 5.32 Å². The first kappa shape index (κ1) is 17.1. The molecule has 1 N–H and O–H groups in total. The van der Waals surface area contributed by atoms with Crippen molar-refractivity contribution in [2.24, 2.45) is 5.16 Å². The molecule has 0 saturated heterocycles. The number of amides is 1. The number of anilines is 1. The molecule has 0 fully saturated rings. The molecular formula is C21H16N2O3. The average Bonchev–Trinajstić information content (AvgIpc) is 2.70. The summed E-state index contributed by atoms with van der Waals surface area (Å²) in [5, 5.41) is 6.51.